The number of allylic oxidation sites excluding steroid dienone is 1. The Morgan fingerprint density at radius 3 is 2.40 bits per heavy atom. The maximum Gasteiger partial charge on any atom is 0.338 e. The zero-order chi connectivity index (χ0) is 24.2. The predicted molar refractivity (Wildman–Crippen MR) is 133 cm³/mol. The minimum Gasteiger partial charge on any atom is -0.462 e. The van der Waals surface area contributed by atoms with Gasteiger partial charge in [0, 0.05) is 24.7 Å². The fourth-order valence-electron chi connectivity index (χ4n) is 5.89. The van der Waals surface area contributed by atoms with Gasteiger partial charge in [0.05, 0.1) is 12.0 Å². The van der Waals surface area contributed by atoms with Crippen molar-refractivity contribution in [2.75, 3.05) is 0 Å². The Labute approximate surface area is 206 Å². The van der Waals surface area contributed by atoms with Crippen molar-refractivity contribution in [3.63, 3.8) is 0 Å². The van der Waals surface area contributed by atoms with Crippen molar-refractivity contribution < 1.29 is 23.9 Å². The van der Waals surface area contributed by atoms with Crippen molar-refractivity contribution in [2.45, 2.75) is 63.6 Å². The molecule has 1 heterocycles. The van der Waals surface area contributed by atoms with Crippen molar-refractivity contribution in [2.24, 2.45) is 17.8 Å². The van der Waals surface area contributed by atoms with Crippen LogP contribution in [0.25, 0.3) is 11.1 Å². The first-order valence-electron chi connectivity index (χ1n) is 12.8. The van der Waals surface area contributed by atoms with Crippen molar-refractivity contribution in [3.8, 4) is 11.1 Å². The second kappa shape index (κ2) is 10.6. The molecule has 5 heteroatoms. The Morgan fingerprint density at radius 1 is 0.943 bits per heavy atom. The molecule has 0 radical (unpaired) electrons. The number of ketones is 1. The molecule has 1 aliphatic heterocycles. The summed E-state index contributed by atoms with van der Waals surface area (Å²) in [6.07, 6.45) is 10.1. The van der Waals surface area contributed by atoms with Gasteiger partial charge in [-0.05, 0) is 35.3 Å². The zero-order valence-corrected chi connectivity index (χ0v) is 19.9. The molecule has 1 saturated heterocycles. The summed E-state index contributed by atoms with van der Waals surface area (Å²) in [5.41, 5.74) is 2.59. The van der Waals surface area contributed by atoms with E-state index in [0.717, 1.165) is 24.0 Å². The molecule has 182 valence electrons. The number of rotatable bonds is 7. The summed E-state index contributed by atoms with van der Waals surface area (Å²) in [4.78, 5) is 37.5. The van der Waals surface area contributed by atoms with E-state index < -0.39 is 12.1 Å². The van der Waals surface area contributed by atoms with Crippen LogP contribution in [0.15, 0.2) is 66.7 Å². The number of hydrogen-bond acceptors (Lipinski definition) is 5. The third kappa shape index (κ3) is 5.55. The van der Waals surface area contributed by atoms with E-state index in [9.17, 15) is 14.4 Å². The lowest BCUT2D eigenvalue weighted by Crippen LogP contribution is -2.25. The molecule has 4 atom stereocenters. The van der Waals surface area contributed by atoms with Crippen LogP contribution in [0, 0.1) is 17.8 Å². The van der Waals surface area contributed by atoms with E-state index in [0.29, 0.717) is 30.7 Å². The quantitative estimate of drug-likeness (QED) is 0.369. The van der Waals surface area contributed by atoms with Crippen molar-refractivity contribution in [1.29, 1.82) is 0 Å². The molecule has 5 nitrogen and oxygen atoms in total. The number of esters is 2. The Bertz CT molecular complexity index is 1080. The standard InChI is InChI=1S/C30H32O5/c31-24(17-20-7-3-1-4-8-20)15-16-25-26-18-29(32)34-28(26)19-27(25)35-30(33)23-13-11-22(12-14-23)21-9-5-2-6-10-21/h2,5-6,9-16,20,25-28H,1,3-4,7-8,17-19H2/t25-,26-,27-,28+/m1/s1. The molecule has 0 bridgehead atoms. The fraction of sp³-hybridized carbons (Fsp3) is 0.433. The highest BCUT2D eigenvalue weighted by Crippen LogP contribution is 2.43. The van der Waals surface area contributed by atoms with Crippen LogP contribution in [-0.4, -0.2) is 29.9 Å². The smallest absolute Gasteiger partial charge is 0.338 e. The van der Waals surface area contributed by atoms with E-state index in [4.69, 9.17) is 9.47 Å². The normalized spacial score (nSPS) is 26.5. The van der Waals surface area contributed by atoms with Gasteiger partial charge in [0.25, 0.3) is 0 Å². The second-order valence-corrected chi connectivity index (χ2v) is 10.1. The van der Waals surface area contributed by atoms with Crippen LogP contribution in [0.2, 0.25) is 0 Å². The van der Waals surface area contributed by atoms with E-state index in [1.165, 1.54) is 19.3 Å². The van der Waals surface area contributed by atoms with Crippen LogP contribution in [0.1, 0.15) is 61.7 Å². The van der Waals surface area contributed by atoms with Crippen LogP contribution >= 0.6 is 0 Å². The highest BCUT2D eigenvalue weighted by Gasteiger charge is 2.50. The topological polar surface area (TPSA) is 69.7 Å². The van der Waals surface area contributed by atoms with Crippen LogP contribution < -0.4 is 0 Å². The van der Waals surface area contributed by atoms with E-state index >= 15 is 0 Å². The fourth-order valence-corrected chi connectivity index (χ4v) is 5.89. The number of carbonyl (C=O) groups is 3. The summed E-state index contributed by atoms with van der Waals surface area (Å²) < 4.78 is 11.4. The number of fused-ring (bicyclic) bond motifs is 1. The first kappa shape index (κ1) is 23.5. The molecule has 0 unspecified atom stereocenters. The Balaban J connectivity index is 1.25. The molecule has 0 amide bonds. The molecule has 3 aliphatic rings. The number of benzene rings is 2. The van der Waals surface area contributed by atoms with Crippen LogP contribution in [-0.2, 0) is 19.1 Å². The molecule has 2 saturated carbocycles. The number of ether oxygens (including phenoxy) is 2. The van der Waals surface area contributed by atoms with Gasteiger partial charge >= 0.3 is 11.9 Å². The first-order valence-corrected chi connectivity index (χ1v) is 12.8. The van der Waals surface area contributed by atoms with Gasteiger partial charge in [-0.2, -0.15) is 0 Å². The zero-order valence-electron chi connectivity index (χ0n) is 19.9. The van der Waals surface area contributed by atoms with Crippen molar-refractivity contribution >= 4 is 17.7 Å². The highest BCUT2D eigenvalue weighted by atomic mass is 16.6. The summed E-state index contributed by atoms with van der Waals surface area (Å²) in [5, 5.41) is 0. The largest absolute Gasteiger partial charge is 0.462 e. The molecule has 35 heavy (non-hydrogen) atoms. The van der Waals surface area contributed by atoms with Gasteiger partial charge < -0.3 is 9.47 Å². The molecule has 0 spiro atoms. The van der Waals surface area contributed by atoms with Gasteiger partial charge in [-0.25, -0.2) is 4.79 Å². The predicted octanol–water partition coefficient (Wildman–Crippen LogP) is 5.93. The van der Waals surface area contributed by atoms with Crippen LogP contribution in [0.3, 0.4) is 0 Å². The van der Waals surface area contributed by atoms with Crippen LogP contribution in [0.5, 0.6) is 0 Å². The van der Waals surface area contributed by atoms with Crippen molar-refractivity contribution in [3.05, 3.63) is 72.3 Å². The number of hydrogen-bond donors (Lipinski definition) is 0. The number of carbonyl (C=O) groups excluding carboxylic acids is 3. The van der Waals surface area contributed by atoms with Gasteiger partial charge in [-0.3, -0.25) is 9.59 Å². The SMILES string of the molecule is O=C(C=C[C@@H]1[C@H]2CC(=O)O[C@H]2C[C@H]1OC(=O)c1ccc(-c2ccccc2)cc1)CC1CCCCC1. The molecule has 3 fully saturated rings. The molecule has 5 rings (SSSR count). The average Bonchev–Trinajstić information content (AvgIpc) is 3.39. The van der Waals surface area contributed by atoms with Gasteiger partial charge in [-0.1, -0.05) is 80.6 Å². The van der Waals surface area contributed by atoms with Gasteiger partial charge in [0.2, 0.25) is 0 Å². The van der Waals surface area contributed by atoms with E-state index in [1.54, 1.807) is 18.2 Å². The summed E-state index contributed by atoms with van der Waals surface area (Å²) in [6, 6.07) is 17.4. The Hall–Kier alpha value is -3.21. The minimum absolute atomic E-state index is 0.0560. The molecular weight excluding hydrogens is 440 g/mol. The van der Waals surface area contributed by atoms with Gasteiger partial charge in [-0.15, -0.1) is 0 Å². The Kier molecular flexibility index (Phi) is 7.12. The Morgan fingerprint density at radius 2 is 1.66 bits per heavy atom. The maximum absolute atomic E-state index is 13.0. The summed E-state index contributed by atoms with van der Waals surface area (Å²) in [7, 11) is 0. The molecule has 0 aromatic heterocycles. The van der Waals surface area contributed by atoms with E-state index in [1.807, 2.05) is 48.5 Å². The third-order valence-corrected chi connectivity index (χ3v) is 7.76. The third-order valence-electron chi connectivity index (χ3n) is 7.76. The summed E-state index contributed by atoms with van der Waals surface area (Å²) in [5.74, 6) is -0.275. The first-order chi connectivity index (χ1) is 17.1. The van der Waals surface area contributed by atoms with E-state index in [2.05, 4.69) is 0 Å². The van der Waals surface area contributed by atoms with Gasteiger partial charge in [0.1, 0.15) is 12.2 Å². The molecule has 2 aromatic rings. The minimum atomic E-state index is -0.418. The van der Waals surface area contributed by atoms with Crippen LogP contribution in [0.4, 0.5) is 0 Å². The maximum atomic E-state index is 13.0. The van der Waals surface area contributed by atoms with Gasteiger partial charge in [0.15, 0.2) is 5.78 Å². The lowest BCUT2D eigenvalue weighted by atomic mass is 9.85. The monoisotopic (exact) mass is 472 g/mol. The molecule has 2 aliphatic carbocycles. The van der Waals surface area contributed by atoms with E-state index in [-0.39, 0.29) is 29.7 Å². The molecule has 0 N–H and O–H groups in total. The molecule has 2 aromatic carbocycles. The summed E-state index contributed by atoms with van der Waals surface area (Å²) in [6.45, 7) is 0. The molecular formula is C30H32O5. The average molecular weight is 473 g/mol. The highest BCUT2D eigenvalue weighted by molar-refractivity contribution is 5.91. The summed E-state index contributed by atoms with van der Waals surface area (Å²) >= 11 is 0. The van der Waals surface area contributed by atoms with Crippen molar-refractivity contribution in [1.82, 2.24) is 0 Å². The lowest BCUT2D eigenvalue weighted by molar-refractivity contribution is -0.141. The second-order valence-electron chi connectivity index (χ2n) is 10.1. The lowest BCUT2D eigenvalue weighted by Gasteiger charge is -2.21.